The van der Waals surface area contributed by atoms with Crippen molar-refractivity contribution in [1.82, 2.24) is 4.98 Å². The maximum atomic E-state index is 5.72. The summed E-state index contributed by atoms with van der Waals surface area (Å²) < 4.78 is 6.75. The van der Waals surface area contributed by atoms with E-state index in [0.29, 0.717) is 12.5 Å². The summed E-state index contributed by atoms with van der Waals surface area (Å²) in [5, 5.41) is 3.16. The first-order valence-electron chi connectivity index (χ1n) is 6.09. The monoisotopic (exact) mass is 359 g/mol. The van der Waals surface area contributed by atoms with Crippen molar-refractivity contribution in [2.24, 2.45) is 0 Å². The molecule has 0 atom stereocenters. The van der Waals surface area contributed by atoms with Crippen molar-refractivity contribution in [3.05, 3.63) is 50.4 Å². The molecule has 0 aliphatic heterocycles. The Morgan fingerprint density at radius 1 is 1.37 bits per heavy atom. The van der Waals surface area contributed by atoms with Gasteiger partial charge in [-0.25, -0.2) is 4.98 Å². The van der Waals surface area contributed by atoms with E-state index in [1.165, 1.54) is 5.56 Å². The molecule has 1 heterocycles. The van der Waals surface area contributed by atoms with Gasteiger partial charge in [0.15, 0.2) is 0 Å². The second kappa shape index (κ2) is 8.00. The van der Waals surface area contributed by atoms with Crippen LogP contribution in [0.15, 0.2) is 34.1 Å². The van der Waals surface area contributed by atoms with Crippen LogP contribution in [0.2, 0.25) is 0 Å². The number of halogens is 2. The van der Waals surface area contributed by atoms with Crippen LogP contribution in [0.4, 0.5) is 0 Å². The minimum atomic E-state index is 0.496. The molecule has 102 valence electrons. The lowest BCUT2D eigenvalue weighted by atomic mass is 10.2. The van der Waals surface area contributed by atoms with E-state index in [2.05, 4.69) is 33.0 Å². The van der Waals surface area contributed by atoms with E-state index in [0.717, 1.165) is 34.6 Å². The van der Waals surface area contributed by atoms with Crippen LogP contribution >= 0.6 is 38.9 Å². The van der Waals surface area contributed by atoms with Crippen LogP contribution in [0.5, 0.6) is 0 Å². The van der Waals surface area contributed by atoms with E-state index in [1.807, 2.05) is 17.5 Å². The largest absolute Gasteiger partial charge is 0.377 e. The molecule has 0 spiro atoms. The maximum absolute atomic E-state index is 5.72. The quantitative estimate of drug-likeness (QED) is 0.523. The number of hydrogen-bond donors (Lipinski definition) is 0. The normalized spacial score (nSPS) is 10.8. The number of ether oxygens (including phenoxy) is 1. The number of benzene rings is 1. The molecule has 0 saturated heterocycles. The van der Waals surface area contributed by atoms with Gasteiger partial charge in [0.2, 0.25) is 0 Å². The van der Waals surface area contributed by atoms with Crippen LogP contribution in [0, 0.1) is 0 Å². The van der Waals surface area contributed by atoms with Crippen molar-refractivity contribution in [3.63, 3.8) is 0 Å². The van der Waals surface area contributed by atoms with Gasteiger partial charge in [0, 0.05) is 22.9 Å². The zero-order valence-corrected chi connectivity index (χ0v) is 13.6. The highest BCUT2D eigenvalue weighted by molar-refractivity contribution is 9.10. The molecule has 0 N–H and O–H groups in total. The summed E-state index contributed by atoms with van der Waals surface area (Å²) in [5.74, 6) is 0.496. The summed E-state index contributed by atoms with van der Waals surface area (Å²) >= 11 is 10.8. The number of rotatable bonds is 7. The summed E-state index contributed by atoms with van der Waals surface area (Å²) in [6.07, 6.45) is 1.95. The molecule has 0 unspecified atom stereocenters. The average Bonchev–Trinajstić information content (AvgIpc) is 2.86. The second-order valence-electron chi connectivity index (χ2n) is 4.15. The summed E-state index contributed by atoms with van der Waals surface area (Å²) in [7, 11) is 0. The van der Waals surface area contributed by atoms with E-state index < -0.39 is 0 Å². The standard InChI is InChI=1S/C14H15BrClNOS/c15-12-4-1-3-11(7-12)9-18-6-2-5-14-17-13(8-16)10-19-14/h1,3-4,7,10H,2,5-6,8-9H2. The minimum absolute atomic E-state index is 0.496. The van der Waals surface area contributed by atoms with E-state index in [4.69, 9.17) is 16.3 Å². The summed E-state index contributed by atoms with van der Waals surface area (Å²) in [5.41, 5.74) is 2.16. The number of thiazole rings is 1. The Labute approximate surface area is 130 Å². The van der Waals surface area contributed by atoms with Crippen LogP contribution in [-0.4, -0.2) is 11.6 Å². The SMILES string of the molecule is ClCc1csc(CCCOCc2cccc(Br)c2)n1. The lowest BCUT2D eigenvalue weighted by Gasteiger charge is -2.04. The predicted octanol–water partition coefficient (Wildman–Crippen LogP) is 4.79. The Morgan fingerprint density at radius 2 is 2.26 bits per heavy atom. The number of aromatic nitrogens is 1. The molecule has 0 amide bonds. The molecular weight excluding hydrogens is 346 g/mol. The van der Waals surface area contributed by atoms with Crippen LogP contribution in [0.25, 0.3) is 0 Å². The van der Waals surface area contributed by atoms with Gasteiger partial charge in [-0.05, 0) is 24.1 Å². The van der Waals surface area contributed by atoms with Gasteiger partial charge in [-0.2, -0.15) is 0 Å². The van der Waals surface area contributed by atoms with Crippen molar-refractivity contribution in [2.45, 2.75) is 25.3 Å². The number of aryl methyl sites for hydroxylation is 1. The molecule has 0 bridgehead atoms. The molecule has 5 heteroatoms. The van der Waals surface area contributed by atoms with E-state index in [1.54, 1.807) is 11.3 Å². The lowest BCUT2D eigenvalue weighted by molar-refractivity contribution is 0.118. The van der Waals surface area contributed by atoms with Gasteiger partial charge in [0.25, 0.3) is 0 Å². The first-order valence-corrected chi connectivity index (χ1v) is 8.30. The fourth-order valence-electron chi connectivity index (χ4n) is 1.67. The topological polar surface area (TPSA) is 22.1 Å². The number of alkyl halides is 1. The second-order valence-corrected chi connectivity index (χ2v) is 6.28. The highest BCUT2D eigenvalue weighted by atomic mass is 79.9. The summed E-state index contributed by atoms with van der Waals surface area (Å²) in [6.45, 7) is 1.41. The Hall–Kier alpha value is -0.420. The van der Waals surface area contributed by atoms with Crippen molar-refractivity contribution in [1.29, 1.82) is 0 Å². The fraction of sp³-hybridized carbons (Fsp3) is 0.357. The zero-order valence-electron chi connectivity index (χ0n) is 10.4. The number of nitrogens with zero attached hydrogens (tertiary/aromatic N) is 1. The lowest BCUT2D eigenvalue weighted by Crippen LogP contribution is -1.97. The van der Waals surface area contributed by atoms with Gasteiger partial charge in [0.1, 0.15) is 0 Å². The molecule has 19 heavy (non-hydrogen) atoms. The molecule has 1 aromatic carbocycles. The summed E-state index contributed by atoms with van der Waals surface area (Å²) in [6, 6.07) is 8.18. The first kappa shape index (κ1) is 15.0. The average molecular weight is 361 g/mol. The van der Waals surface area contributed by atoms with E-state index >= 15 is 0 Å². The predicted molar refractivity (Wildman–Crippen MR) is 83.8 cm³/mol. The van der Waals surface area contributed by atoms with Crippen molar-refractivity contribution >= 4 is 38.9 Å². The summed E-state index contributed by atoms with van der Waals surface area (Å²) in [4.78, 5) is 4.42. The maximum Gasteiger partial charge on any atom is 0.0929 e. The number of hydrogen-bond acceptors (Lipinski definition) is 3. The van der Waals surface area contributed by atoms with Gasteiger partial charge in [-0.15, -0.1) is 22.9 Å². The third kappa shape index (κ3) is 5.22. The third-order valence-electron chi connectivity index (χ3n) is 2.57. The van der Waals surface area contributed by atoms with Crippen molar-refractivity contribution < 1.29 is 4.74 Å². The third-order valence-corrected chi connectivity index (χ3v) is 4.30. The molecule has 0 aliphatic carbocycles. The zero-order chi connectivity index (χ0) is 13.5. The van der Waals surface area contributed by atoms with Crippen LogP contribution in [0.3, 0.4) is 0 Å². The van der Waals surface area contributed by atoms with Crippen molar-refractivity contribution in [3.8, 4) is 0 Å². The van der Waals surface area contributed by atoms with Gasteiger partial charge in [-0.3, -0.25) is 0 Å². The molecule has 2 nitrogen and oxygen atoms in total. The van der Waals surface area contributed by atoms with E-state index in [9.17, 15) is 0 Å². The Morgan fingerprint density at radius 3 is 3.00 bits per heavy atom. The molecule has 2 aromatic rings. The minimum Gasteiger partial charge on any atom is -0.377 e. The van der Waals surface area contributed by atoms with Crippen LogP contribution in [0.1, 0.15) is 22.7 Å². The smallest absolute Gasteiger partial charge is 0.0929 e. The molecule has 0 aliphatic rings. The Kier molecular flexibility index (Phi) is 6.31. The molecule has 0 radical (unpaired) electrons. The van der Waals surface area contributed by atoms with Gasteiger partial charge < -0.3 is 4.74 Å². The van der Waals surface area contributed by atoms with Gasteiger partial charge in [-0.1, -0.05) is 28.1 Å². The first-order chi connectivity index (χ1) is 9.28. The Balaban J connectivity index is 1.64. The van der Waals surface area contributed by atoms with Crippen LogP contribution in [-0.2, 0) is 23.6 Å². The molecular formula is C14H15BrClNOS. The highest BCUT2D eigenvalue weighted by Crippen LogP contribution is 2.14. The molecule has 1 aromatic heterocycles. The molecule has 0 fully saturated rings. The van der Waals surface area contributed by atoms with Gasteiger partial charge in [0.05, 0.1) is 23.2 Å². The van der Waals surface area contributed by atoms with E-state index in [-0.39, 0.29) is 0 Å². The van der Waals surface area contributed by atoms with Crippen LogP contribution < -0.4 is 0 Å². The fourth-order valence-corrected chi connectivity index (χ4v) is 3.18. The Bertz CT molecular complexity index is 518. The van der Waals surface area contributed by atoms with Gasteiger partial charge >= 0.3 is 0 Å². The highest BCUT2D eigenvalue weighted by Gasteiger charge is 2.01. The molecule has 0 saturated carbocycles. The molecule has 2 rings (SSSR count). The van der Waals surface area contributed by atoms with Crippen molar-refractivity contribution in [2.75, 3.05) is 6.61 Å².